The number of nitrogen functional groups attached to an aromatic ring is 1. The van der Waals surface area contributed by atoms with Crippen LogP contribution in [0.3, 0.4) is 0 Å². The number of nitrogens with two attached hydrogens (primary N) is 2. The van der Waals surface area contributed by atoms with Crippen LogP contribution in [0.4, 0.5) is 5.69 Å². The molecule has 2 aromatic heterocycles. The second-order valence-electron chi connectivity index (χ2n) is 4.61. The molecule has 0 spiro atoms. The van der Waals surface area contributed by atoms with Crippen molar-refractivity contribution in [2.45, 2.75) is 0 Å². The van der Waals surface area contributed by atoms with Gasteiger partial charge in [0.05, 0.1) is 5.69 Å². The summed E-state index contributed by atoms with van der Waals surface area (Å²) in [4.78, 5) is 15.4. The van der Waals surface area contributed by atoms with Gasteiger partial charge in [-0.25, -0.2) is 4.98 Å². The van der Waals surface area contributed by atoms with Crippen molar-refractivity contribution in [1.82, 2.24) is 9.38 Å². The van der Waals surface area contributed by atoms with Crippen molar-refractivity contribution in [3.63, 3.8) is 0 Å². The smallest absolute Gasteiger partial charge is 0.255 e. The Morgan fingerprint density at radius 1 is 1.24 bits per heavy atom. The molecule has 1 amide bonds. The van der Waals surface area contributed by atoms with Crippen LogP contribution in [0, 0.1) is 0 Å². The molecule has 0 saturated carbocycles. The van der Waals surface area contributed by atoms with E-state index < -0.39 is 5.91 Å². The van der Waals surface area contributed by atoms with Crippen LogP contribution in [0.1, 0.15) is 0 Å². The Hall–Kier alpha value is -3.02. The molecule has 0 fully saturated rings. The summed E-state index contributed by atoms with van der Waals surface area (Å²) in [6.07, 6.45) is 3.75. The molecule has 2 heterocycles. The number of hydrogen-bond acceptors (Lipinski definition) is 4. The van der Waals surface area contributed by atoms with E-state index in [0.29, 0.717) is 17.1 Å². The van der Waals surface area contributed by atoms with Crippen LogP contribution in [0.25, 0.3) is 16.9 Å². The first-order valence-electron chi connectivity index (χ1n) is 6.38. The number of hydrogen-bond donors (Lipinski definition) is 2. The Morgan fingerprint density at radius 3 is 2.71 bits per heavy atom. The Bertz CT molecular complexity index is 793. The Balaban J connectivity index is 2.01. The second kappa shape index (κ2) is 5.16. The molecule has 0 aliphatic heterocycles. The third kappa shape index (κ3) is 2.64. The lowest BCUT2D eigenvalue weighted by Crippen LogP contribution is -2.20. The fourth-order valence-electron chi connectivity index (χ4n) is 2.04. The van der Waals surface area contributed by atoms with Gasteiger partial charge in [-0.3, -0.25) is 4.79 Å². The molecule has 0 aliphatic rings. The van der Waals surface area contributed by atoms with Crippen LogP contribution in [-0.4, -0.2) is 21.9 Å². The van der Waals surface area contributed by atoms with Crippen LogP contribution in [0.15, 0.2) is 48.8 Å². The number of nitrogens with zero attached hydrogens (tertiary/aromatic N) is 2. The molecule has 6 nitrogen and oxygen atoms in total. The number of fused-ring (bicyclic) bond motifs is 1. The first-order chi connectivity index (χ1) is 10.1. The zero-order valence-corrected chi connectivity index (χ0v) is 11.2. The van der Waals surface area contributed by atoms with E-state index in [2.05, 4.69) is 4.98 Å². The number of rotatable bonds is 4. The molecule has 0 saturated heterocycles. The predicted octanol–water partition coefficient (Wildman–Crippen LogP) is 1.45. The minimum Gasteiger partial charge on any atom is -0.480 e. The van der Waals surface area contributed by atoms with E-state index >= 15 is 0 Å². The summed E-state index contributed by atoms with van der Waals surface area (Å²) in [7, 11) is 0. The van der Waals surface area contributed by atoms with Crippen molar-refractivity contribution < 1.29 is 9.53 Å². The second-order valence-corrected chi connectivity index (χ2v) is 4.61. The molecule has 0 unspecified atom stereocenters. The van der Waals surface area contributed by atoms with E-state index in [-0.39, 0.29) is 6.61 Å². The highest BCUT2D eigenvalue weighted by Gasteiger charge is 2.09. The maximum Gasteiger partial charge on any atom is 0.255 e. The van der Waals surface area contributed by atoms with E-state index in [0.717, 1.165) is 11.3 Å². The summed E-state index contributed by atoms with van der Waals surface area (Å²) in [5, 5.41) is 0. The summed E-state index contributed by atoms with van der Waals surface area (Å²) in [6, 6.07) is 11.0. The van der Waals surface area contributed by atoms with Crippen molar-refractivity contribution in [2.75, 3.05) is 12.3 Å². The third-order valence-corrected chi connectivity index (χ3v) is 3.02. The normalized spacial score (nSPS) is 10.7. The first kappa shape index (κ1) is 13.0. The van der Waals surface area contributed by atoms with Crippen molar-refractivity contribution in [3.8, 4) is 17.0 Å². The summed E-state index contributed by atoms with van der Waals surface area (Å²) >= 11 is 0. The van der Waals surface area contributed by atoms with Gasteiger partial charge in [0, 0.05) is 23.6 Å². The number of carbonyl (C=O) groups excluding carboxylic acids is 1. The lowest BCUT2D eigenvalue weighted by molar-refractivity contribution is -0.119. The number of primary amides is 1. The monoisotopic (exact) mass is 282 g/mol. The average Bonchev–Trinajstić information content (AvgIpc) is 2.90. The van der Waals surface area contributed by atoms with E-state index in [4.69, 9.17) is 16.2 Å². The van der Waals surface area contributed by atoms with E-state index in [1.54, 1.807) is 6.07 Å². The molecule has 21 heavy (non-hydrogen) atoms. The summed E-state index contributed by atoms with van der Waals surface area (Å²) in [5.41, 5.74) is 13.9. The maximum absolute atomic E-state index is 10.8. The average molecular weight is 282 g/mol. The van der Waals surface area contributed by atoms with Gasteiger partial charge in [-0.05, 0) is 24.3 Å². The molecule has 3 rings (SSSR count). The minimum atomic E-state index is -0.526. The molecular weight excluding hydrogens is 268 g/mol. The van der Waals surface area contributed by atoms with E-state index in [9.17, 15) is 4.79 Å². The lowest BCUT2D eigenvalue weighted by atomic mass is 10.1. The molecular formula is C15H14N4O2. The van der Waals surface area contributed by atoms with Crippen molar-refractivity contribution in [2.24, 2.45) is 5.73 Å². The van der Waals surface area contributed by atoms with Crippen LogP contribution in [0.5, 0.6) is 5.75 Å². The van der Waals surface area contributed by atoms with Crippen LogP contribution < -0.4 is 16.2 Å². The van der Waals surface area contributed by atoms with Crippen LogP contribution >= 0.6 is 0 Å². The number of pyridine rings is 1. The van der Waals surface area contributed by atoms with Gasteiger partial charge in [-0.15, -0.1) is 0 Å². The van der Waals surface area contributed by atoms with Gasteiger partial charge in [0.2, 0.25) is 0 Å². The molecule has 4 N–H and O–H groups in total. The molecule has 106 valence electrons. The molecule has 3 aromatic rings. The largest absolute Gasteiger partial charge is 0.480 e. The Labute approximate surface area is 121 Å². The Kier molecular flexibility index (Phi) is 3.19. The van der Waals surface area contributed by atoms with Gasteiger partial charge in [0.25, 0.3) is 5.91 Å². The molecule has 0 aliphatic carbocycles. The molecule has 0 atom stereocenters. The van der Waals surface area contributed by atoms with Crippen molar-refractivity contribution >= 4 is 17.2 Å². The number of amides is 1. The van der Waals surface area contributed by atoms with E-state index in [1.165, 1.54) is 0 Å². The fraction of sp³-hybridized carbons (Fsp3) is 0.0667. The fourth-order valence-corrected chi connectivity index (χ4v) is 2.04. The first-order valence-corrected chi connectivity index (χ1v) is 6.38. The molecule has 0 radical (unpaired) electrons. The lowest BCUT2D eigenvalue weighted by Gasteiger charge is -2.04. The topological polar surface area (TPSA) is 95.6 Å². The van der Waals surface area contributed by atoms with Gasteiger partial charge in [0.15, 0.2) is 18.0 Å². The molecule has 0 bridgehead atoms. The van der Waals surface area contributed by atoms with Crippen molar-refractivity contribution in [3.05, 3.63) is 48.8 Å². The van der Waals surface area contributed by atoms with Gasteiger partial charge < -0.3 is 20.6 Å². The quantitative estimate of drug-likeness (QED) is 0.708. The standard InChI is InChI=1S/C15H14N4O2/c16-11-5-3-10(4-6-11)12-8-19-7-1-2-13(15(19)18-12)21-9-14(17)20/h1-8H,9,16H2,(H2,17,20). The summed E-state index contributed by atoms with van der Waals surface area (Å²) in [5.74, 6) is -0.0136. The van der Waals surface area contributed by atoms with Crippen LogP contribution in [0.2, 0.25) is 0 Å². The highest BCUT2D eigenvalue weighted by molar-refractivity contribution is 5.76. The highest BCUT2D eigenvalue weighted by atomic mass is 16.5. The Morgan fingerprint density at radius 2 is 2.00 bits per heavy atom. The maximum atomic E-state index is 10.8. The highest BCUT2D eigenvalue weighted by Crippen LogP contribution is 2.24. The summed E-state index contributed by atoms with van der Waals surface area (Å²) in [6.45, 7) is -0.177. The van der Waals surface area contributed by atoms with Gasteiger partial charge in [0.1, 0.15) is 0 Å². The summed E-state index contributed by atoms with van der Waals surface area (Å²) < 4.78 is 7.21. The zero-order chi connectivity index (χ0) is 14.8. The number of aromatic nitrogens is 2. The van der Waals surface area contributed by atoms with Gasteiger partial charge >= 0.3 is 0 Å². The number of anilines is 1. The van der Waals surface area contributed by atoms with Gasteiger partial charge in [-0.1, -0.05) is 12.1 Å². The number of imidazole rings is 1. The SMILES string of the molecule is NC(=O)COc1cccn2cc(-c3ccc(N)cc3)nc12. The predicted molar refractivity (Wildman–Crippen MR) is 79.7 cm³/mol. The van der Waals surface area contributed by atoms with Crippen LogP contribution in [-0.2, 0) is 4.79 Å². The van der Waals surface area contributed by atoms with Crippen molar-refractivity contribution in [1.29, 1.82) is 0 Å². The minimum absolute atomic E-state index is 0.177. The number of carbonyl (C=O) groups is 1. The zero-order valence-electron chi connectivity index (χ0n) is 11.2. The van der Waals surface area contributed by atoms with Gasteiger partial charge in [-0.2, -0.15) is 0 Å². The number of ether oxygens (including phenoxy) is 1. The third-order valence-electron chi connectivity index (χ3n) is 3.02. The molecule has 1 aromatic carbocycles. The number of benzene rings is 1. The van der Waals surface area contributed by atoms with E-state index in [1.807, 2.05) is 47.1 Å². The molecule has 6 heteroatoms.